The molecule has 5 N–H and O–H groups in total. The molecule has 1 aliphatic rings. The Kier molecular flexibility index (Phi) is 9.23. The molecule has 1 aliphatic heterocycles. The summed E-state index contributed by atoms with van der Waals surface area (Å²) < 4.78 is 1.68. The van der Waals surface area contributed by atoms with Gasteiger partial charge in [0.15, 0.2) is 0 Å². The molecule has 1 fully saturated rings. The lowest BCUT2D eigenvalue weighted by atomic mass is 9.90. The first-order valence-electron chi connectivity index (χ1n) is 14.3. The van der Waals surface area contributed by atoms with Crippen molar-refractivity contribution in [2.75, 3.05) is 19.6 Å². The second kappa shape index (κ2) is 13.4. The van der Waals surface area contributed by atoms with Crippen molar-refractivity contribution in [3.63, 3.8) is 0 Å². The van der Waals surface area contributed by atoms with E-state index in [9.17, 15) is 9.59 Å². The molecule has 1 saturated heterocycles. The average molecular weight is 551 g/mol. The number of nitrogens with two attached hydrogens (primary N) is 2. The van der Waals surface area contributed by atoms with Crippen molar-refractivity contribution >= 4 is 11.8 Å². The molecule has 2 amide bonds. The van der Waals surface area contributed by atoms with Crippen molar-refractivity contribution < 1.29 is 9.59 Å². The Labute approximate surface area is 241 Å². The number of rotatable bonds is 11. The summed E-state index contributed by atoms with van der Waals surface area (Å²) in [5.74, 6) is -0.397. The van der Waals surface area contributed by atoms with Crippen LogP contribution in [0.2, 0.25) is 0 Å². The molecule has 2 atom stereocenters. The maximum absolute atomic E-state index is 13.9. The summed E-state index contributed by atoms with van der Waals surface area (Å²) in [7, 11) is 0. The first kappa shape index (κ1) is 28.3. The van der Waals surface area contributed by atoms with Crippen molar-refractivity contribution in [1.29, 1.82) is 0 Å². The zero-order valence-electron chi connectivity index (χ0n) is 23.2. The van der Waals surface area contributed by atoms with Crippen LogP contribution in [-0.2, 0) is 11.3 Å². The standard InChI is InChI=1S/C33H38N6O2/c34-19-10-17-29-33(41)38(23-28(24-11-4-1-5-12-24)25-13-6-2-7-14-25)20-18-27(36-29)22-39-31(32(35)40)21-30(37-39)26-15-8-3-9-16-26/h1-9,11-16,21,27-29,36H,10,17-20,22-23,34H2,(H2,35,40)/t27-,29-/m0/s1. The van der Waals surface area contributed by atoms with Crippen LogP contribution in [0.1, 0.15) is 46.8 Å². The first-order chi connectivity index (χ1) is 20.0. The van der Waals surface area contributed by atoms with Gasteiger partial charge in [0.1, 0.15) is 5.69 Å². The van der Waals surface area contributed by atoms with Gasteiger partial charge in [-0.25, -0.2) is 0 Å². The van der Waals surface area contributed by atoms with Crippen LogP contribution in [0.3, 0.4) is 0 Å². The molecule has 4 aromatic rings. The fourth-order valence-corrected chi connectivity index (χ4v) is 5.64. The highest BCUT2D eigenvalue weighted by Crippen LogP contribution is 2.27. The summed E-state index contributed by atoms with van der Waals surface area (Å²) in [6, 6.07) is 31.7. The Balaban J connectivity index is 1.40. The van der Waals surface area contributed by atoms with Gasteiger partial charge in [-0.1, -0.05) is 91.0 Å². The minimum atomic E-state index is -0.528. The van der Waals surface area contributed by atoms with Gasteiger partial charge in [-0.2, -0.15) is 5.10 Å². The number of hydrogen-bond donors (Lipinski definition) is 3. The van der Waals surface area contributed by atoms with Gasteiger partial charge in [0.25, 0.3) is 5.91 Å². The van der Waals surface area contributed by atoms with E-state index in [1.165, 1.54) is 11.1 Å². The van der Waals surface area contributed by atoms with E-state index in [1.807, 2.05) is 71.6 Å². The molecule has 0 radical (unpaired) electrons. The zero-order chi connectivity index (χ0) is 28.6. The van der Waals surface area contributed by atoms with E-state index in [-0.39, 0.29) is 23.9 Å². The quantitative estimate of drug-likeness (QED) is 0.263. The van der Waals surface area contributed by atoms with Crippen LogP contribution >= 0.6 is 0 Å². The molecule has 0 bridgehead atoms. The second-order valence-electron chi connectivity index (χ2n) is 10.6. The SMILES string of the molecule is NCCC[C@@H]1N[C@H](Cn2nc(-c3ccccc3)cc2C(N)=O)CCN(CC(c2ccccc2)c2ccccc2)C1=O. The Morgan fingerprint density at radius 2 is 1.56 bits per heavy atom. The van der Waals surface area contributed by atoms with Crippen LogP contribution in [0.5, 0.6) is 0 Å². The maximum Gasteiger partial charge on any atom is 0.266 e. The summed E-state index contributed by atoms with van der Waals surface area (Å²) in [6.45, 7) is 2.10. The van der Waals surface area contributed by atoms with Crippen molar-refractivity contribution in [2.24, 2.45) is 11.5 Å². The van der Waals surface area contributed by atoms with E-state index >= 15 is 0 Å². The van der Waals surface area contributed by atoms with E-state index in [0.717, 1.165) is 12.0 Å². The van der Waals surface area contributed by atoms with Gasteiger partial charge in [-0.3, -0.25) is 14.3 Å². The highest BCUT2D eigenvalue weighted by Gasteiger charge is 2.33. The van der Waals surface area contributed by atoms with Gasteiger partial charge in [0, 0.05) is 30.6 Å². The predicted molar refractivity (Wildman–Crippen MR) is 161 cm³/mol. The summed E-state index contributed by atoms with van der Waals surface area (Å²) in [4.78, 5) is 28.3. The number of nitrogens with one attached hydrogen (secondary N) is 1. The normalized spacial score (nSPS) is 17.5. The lowest BCUT2D eigenvalue weighted by Crippen LogP contribution is -2.47. The summed E-state index contributed by atoms with van der Waals surface area (Å²) in [5, 5.41) is 8.32. The lowest BCUT2D eigenvalue weighted by molar-refractivity contribution is -0.133. The highest BCUT2D eigenvalue weighted by molar-refractivity contribution is 5.92. The number of aromatic nitrogens is 2. The van der Waals surface area contributed by atoms with Crippen LogP contribution in [0.4, 0.5) is 0 Å². The molecular weight excluding hydrogens is 512 g/mol. The molecule has 1 aromatic heterocycles. The molecule has 5 rings (SSSR count). The number of carbonyl (C=O) groups is 2. The lowest BCUT2D eigenvalue weighted by Gasteiger charge is -2.29. The Morgan fingerprint density at radius 3 is 2.15 bits per heavy atom. The first-order valence-corrected chi connectivity index (χ1v) is 14.3. The van der Waals surface area contributed by atoms with Crippen molar-refractivity contribution in [3.05, 3.63) is 114 Å². The molecule has 0 unspecified atom stereocenters. The van der Waals surface area contributed by atoms with Crippen LogP contribution in [0.15, 0.2) is 97.1 Å². The molecule has 0 spiro atoms. The smallest absolute Gasteiger partial charge is 0.266 e. The largest absolute Gasteiger partial charge is 0.364 e. The van der Waals surface area contributed by atoms with Crippen molar-refractivity contribution in [1.82, 2.24) is 20.0 Å². The van der Waals surface area contributed by atoms with E-state index in [4.69, 9.17) is 16.6 Å². The van der Waals surface area contributed by atoms with E-state index < -0.39 is 5.91 Å². The molecule has 3 aromatic carbocycles. The third-order valence-corrected chi connectivity index (χ3v) is 7.79. The molecule has 212 valence electrons. The topological polar surface area (TPSA) is 119 Å². The third-order valence-electron chi connectivity index (χ3n) is 7.79. The number of hydrogen-bond acceptors (Lipinski definition) is 5. The van der Waals surface area contributed by atoms with Crippen LogP contribution in [0.25, 0.3) is 11.3 Å². The monoisotopic (exact) mass is 550 g/mol. The summed E-state index contributed by atoms with van der Waals surface area (Å²) >= 11 is 0. The third kappa shape index (κ3) is 6.90. The van der Waals surface area contributed by atoms with Gasteiger partial charge in [-0.05, 0) is 43.0 Å². The Morgan fingerprint density at radius 1 is 0.951 bits per heavy atom. The molecular formula is C33H38N6O2. The minimum absolute atomic E-state index is 0.0501. The van der Waals surface area contributed by atoms with Crippen LogP contribution in [0, 0.1) is 0 Å². The number of primary amides is 1. The van der Waals surface area contributed by atoms with E-state index in [2.05, 4.69) is 29.6 Å². The predicted octanol–water partition coefficient (Wildman–Crippen LogP) is 3.78. The number of nitrogens with zero attached hydrogens (tertiary/aromatic N) is 3. The Hall–Kier alpha value is -4.27. The maximum atomic E-state index is 13.9. The molecule has 0 saturated carbocycles. The fourth-order valence-electron chi connectivity index (χ4n) is 5.64. The molecule has 8 nitrogen and oxygen atoms in total. The summed E-state index contributed by atoms with van der Waals surface area (Å²) in [5.41, 5.74) is 15.9. The number of amides is 2. The van der Waals surface area contributed by atoms with Gasteiger partial charge >= 0.3 is 0 Å². The van der Waals surface area contributed by atoms with Gasteiger partial charge < -0.3 is 21.7 Å². The molecule has 2 heterocycles. The van der Waals surface area contributed by atoms with Gasteiger partial charge in [0.2, 0.25) is 5.91 Å². The fraction of sp³-hybridized carbons (Fsp3) is 0.303. The van der Waals surface area contributed by atoms with Gasteiger partial charge in [0.05, 0.1) is 18.3 Å². The van der Waals surface area contributed by atoms with Crippen LogP contribution < -0.4 is 16.8 Å². The van der Waals surface area contributed by atoms with E-state index in [1.54, 1.807) is 10.7 Å². The summed E-state index contributed by atoms with van der Waals surface area (Å²) in [6.07, 6.45) is 2.08. The Bertz CT molecular complexity index is 1380. The van der Waals surface area contributed by atoms with Gasteiger partial charge in [-0.15, -0.1) is 0 Å². The second-order valence-corrected chi connectivity index (χ2v) is 10.6. The van der Waals surface area contributed by atoms with Crippen molar-refractivity contribution in [2.45, 2.75) is 43.8 Å². The van der Waals surface area contributed by atoms with E-state index in [0.29, 0.717) is 50.4 Å². The molecule has 41 heavy (non-hydrogen) atoms. The number of carbonyl (C=O) groups excluding carboxylic acids is 2. The van der Waals surface area contributed by atoms with Crippen molar-refractivity contribution in [3.8, 4) is 11.3 Å². The number of benzene rings is 3. The van der Waals surface area contributed by atoms with Crippen LogP contribution in [-0.4, -0.2) is 58.2 Å². The molecule has 8 heteroatoms. The highest BCUT2D eigenvalue weighted by atomic mass is 16.2. The zero-order valence-corrected chi connectivity index (χ0v) is 23.2. The molecule has 0 aliphatic carbocycles. The minimum Gasteiger partial charge on any atom is -0.364 e. The average Bonchev–Trinajstić information content (AvgIpc) is 3.38.